The van der Waals surface area contributed by atoms with Crippen LogP contribution >= 0.6 is 0 Å². The predicted molar refractivity (Wildman–Crippen MR) is 103 cm³/mol. The Morgan fingerprint density at radius 2 is 2.00 bits per heavy atom. The number of allylic oxidation sites excluding steroid dienone is 1. The molecule has 0 N–H and O–H groups in total. The molecule has 0 aromatic heterocycles. The molecule has 28 heavy (non-hydrogen) atoms. The summed E-state index contributed by atoms with van der Waals surface area (Å²) in [5, 5.41) is 0. The number of amides is 1. The Labute approximate surface area is 167 Å². The van der Waals surface area contributed by atoms with E-state index in [1.54, 1.807) is 7.11 Å². The van der Waals surface area contributed by atoms with Crippen molar-refractivity contribution in [3.63, 3.8) is 0 Å². The van der Waals surface area contributed by atoms with Gasteiger partial charge in [0.05, 0.1) is 18.6 Å². The number of likely N-dealkylation sites (tertiary alicyclic amines) is 1. The highest BCUT2D eigenvalue weighted by molar-refractivity contribution is 5.68. The maximum absolute atomic E-state index is 12.7. The zero-order valence-corrected chi connectivity index (χ0v) is 17.5. The summed E-state index contributed by atoms with van der Waals surface area (Å²) in [6.07, 6.45) is 5.67. The molecule has 1 amide bonds. The topological polar surface area (TPSA) is 63.8 Å². The number of epoxide rings is 2. The lowest BCUT2D eigenvalue weighted by atomic mass is 9.68. The van der Waals surface area contributed by atoms with Crippen molar-refractivity contribution in [1.29, 1.82) is 0 Å². The molecule has 2 aliphatic carbocycles. The highest BCUT2D eigenvalue weighted by atomic mass is 16.6. The van der Waals surface area contributed by atoms with Gasteiger partial charge in [0.15, 0.2) is 0 Å². The number of hydrogen-bond acceptors (Lipinski definition) is 5. The van der Waals surface area contributed by atoms with E-state index in [1.807, 2.05) is 4.90 Å². The second-order valence-corrected chi connectivity index (χ2v) is 9.96. The van der Waals surface area contributed by atoms with Gasteiger partial charge < -0.3 is 23.8 Å². The third kappa shape index (κ3) is 3.08. The van der Waals surface area contributed by atoms with Gasteiger partial charge in [0.1, 0.15) is 23.4 Å². The van der Waals surface area contributed by atoms with Crippen LogP contribution in [-0.4, -0.2) is 67.3 Å². The number of ether oxygens (including phenoxy) is 4. The summed E-state index contributed by atoms with van der Waals surface area (Å²) in [6.45, 7) is 8.87. The molecule has 156 valence electrons. The summed E-state index contributed by atoms with van der Waals surface area (Å²) in [6, 6.07) is 0. The SMILES string of the molecule is CO[C@@H]1[C@H](OC(=O)N2CC3CC3C2)CC[C@]2(CO2)[C@H]1[C@@]1(C)O[C@@H]1CC=C(C)C. The third-order valence-corrected chi connectivity index (χ3v) is 7.73. The van der Waals surface area contributed by atoms with Crippen molar-refractivity contribution in [1.82, 2.24) is 4.90 Å². The molecule has 8 atom stereocenters. The molecule has 5 aliphatic rings. The number of methoxy groups -OCH3 is 1. The van der Waals surface area contributed by atoms with E-state index in [4.69, 9.17) is 18.9 Å². The van der Waals surface area contributed by atoms with Crippen molar-refractivity contribution in [3.05, 3.63) is 11.6 Å². The van der Waals surface area contributed by atoms with E-state index in [9.17, 15) is 4.79 Å². The van der Waals surface area contributed by atoms with Crippen LogP contribution in [0, 0.1) is 17.8 Å². The van der Waals surface area contributed by atoms with E-state index in [-0.39, 0.29) is 41.5 Å². The zero-order chi connectivity index (χ0) is 19.7. The molecule has 0 aromatic carbocycles. The quantitative estimate of drug-likeness (QED) is 0.532. The maximum Gasteiger partial charge on any atom is 0.410 e. The molecule has 6 nitrogen and oxygen atoms in total. The van der Waals surface area contributed by atoms with Crippen LogP contribution in [0.5, 0.6) is 0 Å². The number of carbonyl (C=O) groups is 1. The van der Waals surface area contributed by atoms with Crippen molar-refractivity contribution in [2.75, 3.05) is 26.8 Å². The first-order chi connectivity index (χ1) is 13.4. The molecule has 5 rings (SSSR count). The van der Waals surface area contributed by atoms with Gasteiger partial charge in [-0.15, -0.1) is 0 Å². The molecule has 6 heteroatoms. The molecule has 0 aromatic rings. The molecule has 3 heterocycles. The molecule has 2 saturated carbocycles. The van der Waals surface area contributed by atoms with Crippen LogP contribution < -0.4 is 0 Å². The minimum Gasteiger partial charge on any atom is -0.443 e. The second kappa shape index (κ2) is 6.44. The average molecular weight is 392 g/mol. The van der Waals surface area contributed by atoms with E-state index >= 15 is 0 Å². The van der Waals surface area contributed by atoms with Crippen LogP contribution in [0.1, 0.15) is 46.5 Å². The van der Waals surface area contributed by atoms with E-state index in [1.165, 1.54) is 12.0 Å². The van der Waals surface area contributed by atoms with E-state index in [0.29, 0.717) is 11.8 Å². The Morgan fingerprint density at radius 3 is 2.61 bits per heavy atom. The standard InChI is InChI=1S/C22H33NO5/c1-13(2)5-6-17-21(3,28-17)19-18(25-4)16(7-8-22(19)12-26-22)27-20(24)23-10-14-9-15(14)11-23/h5,14-19H,6-12H2,1-4H3/t14?,15?,16-,17-,18-,19-,21+,22+/m1/s1. The van der Waals surface area contributed by atoms with Crippen molar-refractivity contribution in [2.24, 2.45) is 17.8 Å². The van der Waals surface area contributed by atoms with Gasteiger partial charge in [0.2, 0.25) is 0 Å². The predicted octanol–water partition coefficient (Wildman–Crippen LogP) is 3.15. The first kappa shape index (κ1) is 18.9. The zero-order valence-electron chi connectivity index (χ0n) is 17.5. The van der Waals surface area contributed by atoms with E-state index in [0.717, 1.165) is 39.0 Å². The van der Waals surface area contributed by atoms with Crippen molar-refractivity contribution >= 4 is 6.09 Å². The van der Waals surface area contributed by atoms with Crippen molar-refractivity contribution < 1.29 is 23.7 Å². The largest absolute Gasteiger partial charge is 0.443 e. The van der Waals surface area contributed by atoms with Crippen molar-refractivity contribution in [2.45, 2.75) is 76.0 Å². The summed E-state index contributed by atoms with van der Waals surface area (Å²) in [7, 11) is 1.72. The monoisotopic (exact) mass is 391 g/mol. The van der Waals surface area contributed by atoms with Gasteiger partial charge >= 0.3 is 6.09 Å². The van der Waals surface area contributed by atoms with Crippen LogP contribution in [0.2, 0.25) is 0 Å². The third-order valence-electron chi connectivity index (χ3n) is 7.73. The van der Waals surface area contributed by atoms with Crippen LogP contribution in [0.4, 0.5) is 4.79 Å². The lowest BCUT2D eigenvalue weighted by molar-refractivity contribution is -0.121. The lowest BCUT2D eigenvalue weighted by Gasteiger charge is -2.43. The van der Waals surface area contributed by atoms with Gasteiger partial charge in [0.25, 0.3) is 0 Å². The van der Waals surface area contributed by atoms with E-state index in [2.05, 4.69) is 26.8 Å². The second-order valence-electron chi connectivity index (χ2n) is 9.96. The number of carbonyl (C=O) groups excluding carboxylic acids is 1. The number of piperidine rings is 1. The van der Waals surface area contributed by atoms with Crippen LogP contribution in [0.3, 0.4) is 0 Å². The Morgan fingerprint density at radius 1 is 1.29 bits per heavy atom. The van der Waals surface area contributed by atoms with Crippen LogP contribution in [-0.2, 0) is 18.9 Å². The summed E-state index contributed by atoms with van der Waals surface area (Å²) < 4.78 is 24.1. The number of rotatable bonds is 5. The van der Waals surface area contributed by atoms with Gasteiger partial charge in [-0.2, -0.15) is 0 Å². The molecule has 3 saturated heterocycles. The maximum atomic E-state index is 12.7. The molecule has 1 spiro atoms. The average Bonchev–Trinajstić information content (AvgIpc) is 3.62. The Kier molecular flexibility index (Phi) is 4.35. The molecular formula is C22H33NO5. The van der Waals surface area contributed by atoms with E-state index < -0.39 is 0 Å². The van der Waals surface area contributed by atoms with Gasteiger partial charge in [0, 0.05) is 20.2 Å². The van der Waals surface area contributed by atoms with Crippen LogP contribution in [0.15, 0.2) is 11.6 Å². The normalized spacial score (nSPS) is 48.2. The molecule has 0 bridgehead atoms. The highest BCUT2D eigenvalue weighted by Crippen LogP contribution is 2.59. The molecule has 3 aliphatic heterocycles. The molecule has 2 unspecified atom stereocenters. The fourth-order valence-corrected chi connectivity index (χ4v) is 5.82. The Balaban J connectivity index is 1.30. The van der Waals surface area contributed by atoms with Crippen LogP contribution in [0.25, 0.3) is 0 Å². The Hall–Kier alpha value is -1.11. The van der Waals surface area contributed by atoms with Gasteiger partial charge in [-0.3, -0.25) is 0 Å². The fourth-order valence-electron chi connectivity index (χ4n) is 5.82. The summed E-state index contributed by atoms with van der Waals surface area (Å²) in [4.78, 5) is 14.6. The minimum absolute atomic E-state index is 0.0825. The molecule has 5 fully saturated rings. The first-order valence-corrected chi connectivity index (χ1v) is 10.8. The summed E-state index contributed by atoms with van der Waals surface area (Å²) >= 11 is 0. The number of hydrogen-bond donors (Lipinski definition) is 0. The number of nitrogens with zero attached hydrogens (tertiary/aromatic N) is 1. The smallest absolute Gasteiger partial charge is 0.410 e. The van der Waals surface area contributed by atoms with Gasteiger partial charge in [-0.25, -0.2) is 4.79 Å². The van der Waals surface area contributed by atoms with Gasteiger partial charge in [-0.05, 0) is 58.3 Å². The molecular weight excluding hydrogens is 358 g/mol. The highest BCUT2D eigenvalue weighted by Gasteiger charge is 2.72. The Bertz CT molecular complexity index is 674. The summed E-state index contributed by atoms with van der Waals surface area (Å²) in [5.74, 6) is 1.50. The van der Waals surface area contributed by atoms with Crippen molar-refractivity contribution in [3.8, 4) is 0 Å². The number of fused-ring (bicyclic) bond motifs is 1. The summed E-state index contributed by atoms with van der Waals surface area (Å²) in [5.41, 5.74) is 0.842. The fraction of sp³-hybridized carbons (Fsp3) is 0.864. The minimum atomic E-state index is -0.288. The van der Waals surface area contributed by atoms with Gasteiger partial charge in [-0.1, -0.05) is 11.6 Å². The molecule has 0 radical (unpaired) electrons. The lowest BCUT2D eigenvalue weighted by Crippen LogP contribution is -2.56. The first-order valence-electron chi connectivity index (χ1n) is 10.8.